The smallest absolute Gasteiger partial charge is 0.127 e. The number of phenolic OH excluding ortho intramolecular Hbond substituents is 1. The molecule has 1 N–H and O–H groups in total. The molecule has 2 nitrogen and oxygen atoms in total. The van der Waals surface area contributed by atoms with Crippen LogP contribution in [-0.4, -0.2) is 11.7 Å². The molecule has 3 heteroatoms. The molecule has 0 heterocycles. The lowest BCUT2D eigenvalue weighted by Gasteiger charge is -2.11. The molecule has 0 unspecified atom stereocenters. The Balaban J connectivity index is 1.49. The van der Waals surface area contributed by atoms with Crippen molar-refractivity contribution in [3.8, 4) is 11.5 Å². The molecule has 4 aromatic carbocycles. The predicted octanol–water partition coefficient (Wildman–Crippen LogP) is 5.85. The van der Waals surface area contributed by atoms with Gasteiger partial charge >= 0.3 is 0 Å². The Bertz CT molecular complexity index is 1050. The second-order valence-corrected chi connectivity index (χ2v) is 6.41. The zero-order valence-electron chi connectivity index (χ0n) is 14.3. The molecular formula is C23H19FO2. The molecule has 0 aliphatic carbocycles. The maximum atomic E-state index is 12.9. The lowest BCUT2D eigenvalue weighted by Crippen LogP contribution is -1.99. The van der Waals surface area contributed by atoms with Crippen LogP contribution in [0.15, 0.2) is 72.8 Å². The molecule has 0 saturated carbocycles. The van der Waals surface area contributed by atoms with Crippen molar-refractivity contribution in [1.29, 1.82) is 0 Å². The Morgan fingerprint density at radius 3 is 2.46 bits per heavy atom. The number of phenols is 1. The van der Waals surface area contributed by atoms with Gasteiger partial charge in [0.25, 0.3) is 0 Å². The second-order valence-electron chi connectivity index (χ2n) is 6.41. The molecule has 0 spiro atoms. The standard InChI is InChI=1S/C23H19FO2/c24-19-11-7-16(8-12-19)4-3-13-26-20-14-18-10-9-17-5-1-2-6-21(17)23(18)22(25)15-20/h1-2,5-12,14-15,25H,3-4,13H2. The van der Waals surface area contributed by atoms with E-state index in [1.54, 1.807) is 18.2 Å². The number of aromatic hydroxyl groups is 1. The Labute approximate surface area is 151 Å². The number of hydrogen-bond acceptors (Lipinski definition) is 2. The summed E-state index contributed by atoms with van der Waals surface area (Å²) in [4.78, 5) is 0. The maximum absolute atomic E-state index is 12.9. The van der Waals surface area contributed by atoms with E-state index in [0.717, 1.165) is 39.9 Å². The van der Waals surface area contributed by atoms with Crippen molar-refractivity contribution in [3.63, 3.8) is 0 Å². The van der Waals surface area contributed by atoms with E-state index in [1.807, 2.05) is 36.4 Å². The number of aryl methyl sites for hydroxylation is 1. The van der Waals surface area contributed by atoms with Crippen LogP contribution in [0.3, 0.4) is 0 Å². The summed E-state index contributed by atoms with van der Waals surface area (Å²) in [5.74, 6) is 0.668. The number of halogens is 1. The van der Waals surface area contributed by atoms with Gasteiger partial charge < -0.3 is 9.84 Å². The largest absolute Gasteiger partial charge is 0.507 e. The summed E-state index contributed by atoms with van der Waals surface area (Å²) >= 11 is 0. The third kappa shape index (κ3) is 3.33. The lowest BCUT2D eigenvalue weighted by molar-refractivity contribution is 0.310. The van der Waals surface area contributed by atoms with Crippen LogP contribution in [0.1, 0.15) is 12.0 Å². The van der Waals surface area contributed by atoms with E-state index < -0.39 is 0 Å². The number of rotatable bonds is 5. The van der Waals surface area contributed by atoms with E-state index in [1.165, 1.54) is 12.1 Å². The molecule has 0 amide bonds. The Hall–Kier alpha value is -3.07. The molecular weight excluding hydrogens is 327 g/mol. The quantitative estimate of drug-likeness (QED) is 0.363. The van der Waals surface area contributed by atoms with Crippen LogP contribution >= 0.6 is 0 Å². The molecule has 0 saturated heterocycles. The molecule has 130 valence electrons. The van der Waals surface area contributed by atoms with Gasteiger partial charge in [-0.3, -0.25) is 0 Å². The van der Waals surface area contributed by atoms with Gasteiger partial charge in [0.05, 0.1) is 6.61 Å². The van der Waals surface area contributed by atoms with Crippen molar-refractivity contribution in [2.45, 2.75) is 12.8 Å². The van der Waals surface area contributed by atoms with E-state index in [-0.39, 0.29) is 11.6 Å². The summed E-state index contributed by atoms with van der Waals surface area (Å²) in [5.41, 5.74) is 1.09. The highest BCUT2D eigenvalue weighted by atomic mass is 19.1. The van der Waals surface area contributed by atoms with Crippen molar-refractivity contribution in [3.05, 3.63) is 84.2 Å². The van der Waals surface area contributed by atoms with Crippen molar-refractivity contribution < 1.29 is 14.2 Å². The fraction of sp³-hybridized carbons (Fsp3) is 0.130. The molecule has 4 rings (SSSR count). The molecule has 0 fully saturated rings. The highest BCUT2D eigenvalue weighted by molar-refractivity contribution is 6.10. The number of fused-ring (bicyclic) bond motifs is 3. The summed E-state index contributed by atoms with van der Waals surface area (Å²) < 4.78 is 18.7. The summed E-state index contributed by atoms with van der Waals surface area (Å²) in [6.07, 6.45) is 1.65. The predicted molar refractivity (Wildman–Crippen MR) is 103 cm³/mol. The third-order valence-electron chi connectivity index (χ3n) is 4.59. The van der Waals surface area contributed by atoms with Crippen molar-refractivity contribution in [2.75, 3.05) is 6.61 Å². The monoisotopic (exact) mass is 346 g/mol. The first-order valence-electron chi connectivity index (χ1n) is 8.72. The minimum Gasteiger partial charge on any atom is -0.507 e. The third-order valence-corrected chi connectivity index (χ3v) is 4.59. The van der Waals surface area contributed by atoms with Crippen LogP contribution in [0.4, 0.5) is 4.39 Å². The van der Waals surface area contributed by atoms with Gasteiger partial charge in [0.2, 0.25) is 0 Å². The first-order chi connectivity index (χ1) is 12.7. The van der Waals surface area contributed by atoms with Crippen LogP contribution in [0.5, 0.6) is 11.5 Å². The summed E-state index contributed by atoms with van der Waals surface area (Å²) in [6.45, 7) is 0.538. The van der Waals surface area contributed by atoms with E-state index in [0.29, 0.717) is 12.4 Å². The fourth-order valence-corrected chi connectivity index (χ4v) is 3.30. The molecule has 0 bridgehead atoms. The molecule has 0 aromatic heterocycles. The Morgan fingerprint density at radius 1 is 0.846 bits per heavy atom. The highest BCUT2D eigenvalue weighted by Gasteiger charge is 2.08. The summed E-state index contributed by atoms with van der Waals surface area (Å²) in [7, 11) is 0. The SMILES string of the molecule is Oc1cc(OCCCc2ccc(F)cc2)cc2ccc3ccccc3c12. The van der Waals surface area contributed by atoms with Gasteiger partial charge in [0.15, 0.2) is 0 Å². The first-order valence-corrected chi connectivity index (χ1v) is 8.72. The van der Waals surface area contributed by atoms with Crippen molar-refractivity contribution >= 4 is 21.5 Å². The molecule has 4 aromatic rings. The zero-order chi connectivity index (χ0) is 17.9. The number of ether oxygens (including phenoxy) is 1. The molecule has 0 aliphatic heterocycles. The van der Waals surface area contributed by atoms with Gasteiger partial charge in [-0.1, -0.05) is 48.5 Å². The van der Waals surface area contributed by atoms with Crippen molar-refractivity contribution in [1.82, 2.24) is 0 Å². The van der Waals surface area contributed by atoms with Gasteiger partial charge in [-0.15, -0.1) is 0 Å². The first kappa shape index (κ1) is 16.4. The summed E-state index contributed by atoms with van der Waals surface area (Å²) in [5, 5.41) is 14.4. The van der Waals surface area contributed by atoms with Crippen LogP contribution in [0.25, 0.3) is 21.5 Å². The van der Waals surface area contributed by atoms with E-state index >= 15 is 0 Å². The van der Waals surface area contributed by atoms with Crippen LogP contribution in [0, 0.1) is 5.82 Å². The fourth-order valence-electron chi connectivity index (χ4n) is 3.30. The highest BCUT2D eigenvalue weighted by Crippen LogP contribution is 2.35. The minimum absolute atomic E-state index is 0.218. The molecule has 26 heavy (non-hydrogen) atoms. The topological polar surface area (TPSA) is 29.5 Å². The number of hydrogen-bond donors (Lipinski definition) is 1. The molecule has 0 radical (unpaired) electrons. The molecule has 0 atom stereocenters. The average Bonchev–Trinajstić information content (AvgIpc) is 2.66. The van der Waals surface area contributed by atoms with E-state index in [4.69, 9.17) is 4.74 Å². The number of benzene rings is 4. The molecule has 0 aliphatic rings. The van der Waals surface area contributed by atoms with Gasteiger partial charge in [-0.25, -0.2) is 4.39 Å². The van der Waals surface area contributed by atoms with Gasteiger partial charge in [0.1, 0.15) is 17.3 Å². The van der Waals surface area contributed by atoms with Gasteiger partial charge in [-0.05, 0) is 52.8 Å². The van der Waals surface area contributed by atoms with Crippen LogP contribution in [-0.2, 0) is 6.42 Å². The van der Waals surface area contributed by atoms with E-state index in [9.17, 15) is 9.50 Å². The Morgan fingerprint density at radius 2 is 1.62 bits per heavy atom. The maximum Gasteiger partial charge on any atom is 0.127 e. The van der Waals surface area contributed by atoms with Gasteiger partial charge in [0, 0.05) is 11.5 Å². The average molecular weight is 346 g/mol. The lowest BCUT2D eigenvalue weighted by atomic mass is 10.0. The van der Waals surface area contributed by atoms with Crippen molar-refractivity contribution in [2.24, 2.45) is 0 Å². The zero-order valence-corrected chi connectivity index (χ0v) is 14.3. The second kappa shape index (κ2) is 7.04. The van der Waals surface area contributed by atoms with Crippen LogP contribution in [0.2, 0.25) is 0 Å². The summed E-state index contributed by atoms with van der Waals surface area (Å²) in [6, 6.07) is 22.2. The normalized spacial score (nSPS) is 11.1. The van der Waals surface area contributed by atoms with Crippen LogP contribution < -0.4 is 4.74 Å². The van der Waals surface area contributed by atoms with Gasteiger partial charge in [-0.2, -0.15) is 0 Å². The van der Waals surface area contributed by atoms with E-state index in [2.05, 4.69) is 6.07 Å². The Kier molecular flexibility index (Phi) is 4.44. The minimum atomic E-state index is -0.218.